The average Bonchev–Trinajstić information content (AvgIpc) is 3.17. The molecule has 3 rings (SSSR count). The monoisotopic (exact) mass is 367 g/mol. The number of esters is 1. The van der Waals surface area contributed by atoms with Crippen LogP contribution in [0.3, 0.4) is 0 Å². The van der Waals surface area contributed by atoms with Gasteiger partial charge in [-0.05, 0) is 30.7 Å². The zero-order valence-electron chi connectivity index (χ0n) is 14.6. The molecule has 0 saturated heterocycles. The van der Waals surface area contributed by atoms with E-state index in [1.54, 1.807) is 19.1 Å². The molecular weight excluding hydrogens is 349 g/mol. The summed E-state index contributed by atoms with van der Waals surface area (Å²) in [6.07, 6.45) is 0. The molecule has 0 bridgehead atoms. The number of aromatic nitrogens is 3. The Kier molecular flexibility index (Phi) is 5.85. The third kappa shape index (κ3) is 4.33. The van der Waals surface area contributed by atoms with Crippen molar-refractivity contribution in [1.29, 1.82) is 0 Å². The molecule has 9 heteroatoms. The lowest BCUT2D eigenvalue weighted by Gasteiger charge is -2.12. The van der Waals surface area contributed by atoms with Crippen molar-refractivity contribution in [2.75, 3.05) is 6.61 Å². The molecule has 27 heavy (non-hydrogen) atoms. The Hall–Kier alpha value is -3.17. The topological polar surface area (TPSA) is 118 Å². The van der Waals surface area contributed by atoms with Crippen molar-refractivity contribution < 1.29 is 24.3 Å². The summed E-state index contributed by atoms with van der Waals surface area (Å²) in [4.78, 5) is 12.0. The second kappa shape index (κ2) is 8.48. The van der Waals surface area contributed by atoms with E-state index in [0.717, 1.165) is 5.56 Å². The Morgan fingerprint density at radius 1 is 1.15 bits per heavy atom. The molecule has 8 nitrogen and oxygen atoms in total. The quantitative estimate of drug-likeness (QED) is 0.420. The van der Waals surface area contributed by atoms with E-state index in [-0.39, 0.29) is 30.1 Å². The van der Waals surface area contributed by atoms with Crippen LogP contribution in [0.1, 0.15) is 23.0 Å². The molecule has 0 radical (unpaired) electrons. The van der Waals surface area contributed by atoms with E-state index in [4.69, 9.17) is 9.47 Å². The number of nitrogens with zero attached hydrogens (tertiary/aromatic N) is 2. The molecule has 0 saturated carbocycles. The van der Waals surface area contributed by atoms with E-state index in [1.807, 2.05) is 30.3 Å². The van der Waals surface area contributed by atoms with Crippen LogP contribution in [0.25, 0.3) is 11.3 Å². The maximum atomic E-state index is 12.0. The van der Waals surface area contributed by atoms with Crippen molar-refractivity contribution in [3.8, 4) is 17.0 Å². The Labute approximate surface area is 155 Å². The average molecular weight is 367 g/mol. The van der Waals surface area contributed by atoms with E-state index in [9.17, 15) is 14.8 Å². The van der Waals surface area contributed by atoms with E-state index < -0.39 is 13.1 Å². The fourth-order valence-electron chi connectivity index (χ4n) is 2.54. The van der Waals surface area contributed by atoms with Crippen molar-refractivity contribution in [2.45, 2.75) is 13.5 Å². The number of rotatable bonds is 7. The van der Waals surface area contributed by atoms with Gasteiger partial charge in [0.1, 0.15) is 18.1 Å². The van der Waals surface area contributed by atoms with E-state index in [0.29, 0.717) is 11.3 Å². The van der Waals surface area contributed by atoms with Crippen LogP contribution in [-0.2, 0) is 11.3 Å². The van der Waals surface area contributed by atoms with Gasteiger partial charge in [-0.15, -0.1) is 5.10 Å². The number of ether oxygens (including phenoxy) is 2. The van der Waals surface area contributed by atoms with Gasteiger partial charge in [0.25, 0.3) is 0 Å². The zero-order valence-corrected chi connectivity index (χ0v) is 14.6. The van der Waals surface area contributed by atoms with Gasteiger partial charge in [-0.25, -0.2) is 4.79 Å². The molecule has 0 fully saturated rings. The van der Waals surface area contributed by atoms with Gasteiger partial charge in [-0.2, -0.15) is 10.3 Å². The lowest BCUT2D eigenvalue weighted by atomic mass is 9.78. The first-order valence-corrected chi connectivity index (χ1v) is 8.35. The highest BCUT2D eigenvalue weighted by Gasteiger charge is 2.23. The Morgan fingerprint density at radius 3 is 2.63 bits per heavy atom. The Morgan fingerprint density at radius 2 is 1.93 bits per heavy atom. The predicted molar refractivity (Wildman–Crippen MR) is 98.4 cm³/mol. The lowest BCUT2D eigenvalue weighted by Crippen LogP contribution is -2.31. The van der Waals surface area contributed by atoms with Crippen LogP contribution in [-0.4, -0.2) is 45.2 Å². The first-order chi connectivity index (χ1) is 13.1. The minimum Gasteiger partial charge on any atom is -0.489 e. The van der Waals surface area contributed by atoms with E-state index in [1.165, 1.54) is 6.07 Å². The van der Waals surface area contributed by atoms with Crippen molar-refractivity contribution in [3.63, 3.8) is 0 Å². The zero-order chi connectivity index (χ0) is 19.2. The third-order valence-corrected chi connectivity index (χ3v) is 3.82. The summed E-state index contributed by atoms with van der Waals surface area (Å²) in [5.41, 5.74) is 1.85. The summed E-state index contributed by atoms with van der Waals surface area (Å²) in [6.45, 7) is 2.17. The molecule has 0 unspecified atom stereocenters. The smallest absolute Gasteiger partial charge is 0.489 e. The number of nitrogens with one attached hydrogen (secondary N) is 1. The number of carbonyl (C=O) groups is 1. The first kappa shape index (κ1) is 18.6. The van der Waals surface area contributed by atoms with E-state index >= 15 is 0 Å². The maximum Gasteiger partial charge on any atom is 0.492 e. The number of aromatic amines is 1. The predicted octanol–water partition coefficient (Wildman–Crippen LogP) is 0.907. The summed E-state index contributed by atoms with van der Waals surface area (Å²) in [7, 11) is -1.76. The van der Waals surface area contributed by atoms with E-state index in [2.05, 4.69) is 15.4 Å². The maximum absolute atomic E-state index is 12.0. The second-order valence-electron chi connectivity index (χ2n) is 5.64. The summed E-state index contributed by atoms with van der Waals surface area (Å²) in [6, 6.07) is 14.3. The minimum atomic E-state index is -1.76. The normalized spacial score (nSPS) is 10.5. The summed E-state index contributed by atoms with van der Waals surface area (Å²) >= 11 is 0. The molecule has 0 aliphatic heterocycles. The van der Waals surface area contributed by atoms with Crippen LogP contribution in [0, 0.1) is 0 Å². The number of H-pyrrole nitrogens is 1. The largest absolute Gasteiger partial charge is 0.492 e. The van der Waals surface area contributed by atoms with Crippen LogP contribution in [0.2, 0.25) is 0 Å². The van der Waals surface area contributed by atoms with Gasteiger partial charge in [-0.1, -0.05) is 30.3 Å². The molecule has 138 valence electrons. The van der Waals surface area contributed by atoms with Crippen molar-refractivity contribution in [1.82, 2.24) is 15.4 Å². The van der Waals surface area contributed by atoms with Crippen molar-refractivity contribution in [3.05, 3.63) is 59.8 Å². The molecule has 1 aromatic heterocycles. The SMILES string of the molecule is CCOC(=O)c1n[nH]nc1-c1ccc(OCc2ccccc2)c(B(O)O)c1. The number of hydrogen-bond acceptors (Lipinski definition) is 7. The van der Waals surface area contributed by atoms with Crippen LogP contribution in [0.5, 0.6) is 5.75 Å². The van der Waals surface area contributed by atoms with Crippen LogP contribution < -0.4 is 10.2 Å². The van der Waals surface area contributed by atoms with Gasteiger partial charge in [0, 0.05) is 11.0 Å². The molecule has 0 aliphatic carbocycles. The lowest BCUT2D eigenvalue weighted by molar-refractivity contribution is 0.0520. The van der Waals surface area contributed by atoms with Crippen LogP contribution in [0.4, 0.5) is 0 Å². The molecule has 0 amide bonds. The van der Waals surface area contributed by atoms with Gasteiger partial charge in [0.05, 0.1) is 6.61 Å². The number of hydrogen-bond donors (Lipinski definition) is 3. The Balaban J connectivity index is 1.88. The molecule has 0 atom stereocenters. The first-order valence-electron chi connectivity index (χ1n) is 8.35. The van der Waals surface area contributed by atoms with Gasteiger partial charge in [-0.3, -0.25) is 0 Å². The highest BCUT2D eigenvalue weighted by molar-refractivity contribution is 6.59. The van der Waals surface area contributed by atoms with Crippen molar-refractivity contribution >= 4 is 18.6 Å². The Bertz CT molecular complexity index is 914. The second-order valence-corrected chi connectivity index (χ2v) is 5.64. The highest BCUT2D eigenvalue weighted by atomic mass is 16.5. The molecule has 1 heterocycles. The fraction of sp³-hybridized carbons (Fsp3) is 0.167. The van der Waals surface area contributed by atoms with Gasteiger partial charge < -0.3 is 19.5 Å². The minimum absolute atomic E-state index is 0.0215. The molecular formula is C18H18BN3O5. The third-order valence-electron chi connectivity index (χ3n) is 3.82. The molecule has 0 spiro atoms. The van der Waals surface area contributed by atoms with Gasteiger partial charge in [0.15, 0.2) is 5.69 Å². The molecule has 0 aliphatic rings. The standard InChI is InChI=1S/C18H18BN3O5/c1-2-26-18(23)17-16(20-22-21-17)13-8-9-15(14(10-13)19(24)25)27-11-12-6-4-3-5-7-12/h3-10,24-25H,2,11H2,1H3,(H,20,21,22). The summed E-state index contributed by atoms with van der Waals surface area (Å²) in [5, 5.41) is 29.6. The molecule has 2 aromatic carbocycles. The van der Waals surface area contributed by atoms with Crippen LogP contribution in [0.15, 0.2) is 48.5 Å². The summed E-state index contributed by atoms with van der Waals surface area (Å²) < 4.78 is 10.7. The van der Waals surface area contributed by atoms with Crippen LogP contribution >= 0.6 is 0 Å². The van der Waals surface area contributed by atoms with Crippen molar-refractivity contribution in [2.24, 2.45) is 0 Å². The highest BCUT2D eigenvalue weighted by Crippen LogP contribution is 2.23. The number of carbonyl (C=O) groups excluding carboxylic acids is 1. The fourth-order valence-corrected chi connectivity index (χ4v) is 2.54. The summed E-state index contributed by atoms with van der Waals surface area (Å²) in [5.74, 6) is -0.296. The van der Waals surface area contributed by atoms with Gasteiger partial charge >= 0.3 is 13.1 Å². The molecule has 3 aromatic rings. The van der Waals surface area contributed by atoms with Gasteiger partial charge in [0.2, 0.25) is 0 Å². The number of benzene rings is 2. The molecule has 3 N–H and O–H groups in total.